The second-order valence-electron chi connectivity index (χ2n) is 4.70. The number of aromatic nitrogens is 4. The lowest BCUT2D eigenvalue weighted by Gasteiger charge is -2.13. The lowest BCUT2D eigenvalue weighted by Crippen LogP contribution is -2.36. The summed E-state index contributed by atoms with van der Waals surface area (Å²) in [6, 6.07) is 7.83. The molecular formula is C14H18BrN5O. The topological polar surface area (TPSA) is 72.7 Å². The van der Waals surface area contributed by atoms with E-state index < -0.39 is 0 Å². The van der Waals surface area contributed by atoms with E-state index in [0.717, 1.165) is 22.9 Å². The first-order valence-corrected chi connectivity index (χ1v) is 7.75. The lowest BCUT2D eigenvalue weighted by atomic mass is 10.2. The van der Waals surface area contributed by atoms with Gasteiger partial charge in [-0.05, 0) is 30.2 Å². The summed E-state index contributed by atoms with van der Waals surface area (Å²) in [5.41, 5.74) is 0.851. The number of nitrogens with zero attached hydrogens (tertiary/aromatic N) is 4. The van der Waals surface area contributed by atoms with Crippen LogP contribution in [0.1, 0.15) is 26.7 Å². The van der Waals surface area contributed by atoms with Gasteiger partial charge in [0.05, 0.1) is 0 Å². The van der Waals surface area contributed by atoms with E-state index in [2.05, 4.69) is 36.7 Å². The third-order valence-corrected chi connectivity index (χ3v) is 3.89. The minimum absolute atomic E-state index is 0.0773. The monoisotopic (exact) mass is 351 g/mol. The standard InChI is InChI=1S/C14H18BrN5O/c1-3-10(4-2)16-13(21)9-20-18-14(17-19-20)11-7-5-6-8-12(11)15/h5-8,10H,3-4,9H2,1-2H3,(H,16,21). The minimum atomic E-state index is -0.0974. The van der Waals surface area contributed by atoms with Gasteiger partial charge in [0.15, 0.2) is 0 Å². The summed E-state index contributed by atoms with van der Waals surface area (Å²) in [5, 5.41) is 15.1. The largest absolute Gasteiger partial charge is 0.352 e. The Morgan fingerprint density at radius 1 is 1.33 bits per heavy atom. The molecule has 1 aromatic carbocycles. The van der Waals surface area contributed by atoms with Crippen molar-refractivity contribution in [1.29, 1.82) is 0 Å². The van der Waals surface area contributed by atoms with E-state index in [4.69, 9.17) is 0 Å². The van der Waals surface area contributed by atoms with Gasteiger partial charge in [-0.2, -0.15) is 4.80 Å². The van der Waals surface area contributed by atoms with Crippen LogP contribution < -0.4 is 5.32 Å². The number of carbonyl (C=O) groups is 1. The van der Waals surface area contributed by atoms with Crippen LogP contribution in [0.4, 0.5) is 0 Å². The molecule has 0 aliphatic rings. The van der Waals surface area contributed by atoms with Crippen LogP contribution in [0.15, 0.2) is 28.7 Å². The average Bonchev–Trinajstić information content (AvgIpc) is 2.93. The highest BCUT2D eigenvalue weighted by Gasteiger charge is 2.13. The summed E-state index contributed by atoms with van der Waals surface area (Å²) in [7, 11) is 0. The molecule has 112 valence electrons. The van der Waals surface area contributed by atoms with Crippen LogP contribution in [0.25, 0.3) is 11.4 Å². The van der Waals surface area contributed by atoms with Crippen LogP contribution in [-0.2, 0) is 11.3 Å². The first-order chi connectivity index (χ1) is 10.1. The fraction of sp³-hybridized carbons (Fsp3) is 0.429. The molecule has 1 N–H and O–H groups in total. The molecule has 0 unspecified atom stereocenters. The molecule has 2 rings (SSSR count). The molecule has 21 heavy (non-hydrogen) atoms. The van der Waals surface area contributed by atoms with Crippen molar-refractivity contribution in [2.75, 3.05) is 0 Å². The highest BCUT2D eigenvalue weighted by atomic mass is 79.9. The Morgan fingerprint density at radius 2 is 2.05 bits per heavy atom. The normalized spacial score (nSPS) is 10.9. The van der Waals surface area contributed by atoms with E-state index in [1.165, 1.54) is 4.80 Å². The summed E-state index contributed by atoms with van der Waals surface area (Å²) in [6.07, 6.45) is 1.82. The summed E-state index contributed by atoms with van der Waals surface area (Å²) in [6.45, 7) is 4.17. The number of halogens is 1. The third-order valence-electron chi connectivity index (χ3n) is 3.20. The maximum Gasteiger partial charge on any atom is 0.243 e. The van der Waals surface area contributed by atoms with Gasteiger partial charge in [0.1, 0.15) is 6.54 Å². The molecule has 0 saturated carbocycles. The number of carbonyl (C=O) groups excluding carboxylic acids is 1. The Kier molecular flexibility index (Phi) is 5.44. The molecule has 0 aliphatic carbocycles. The molecule has 6 nitrogen and oxygen atoms in total. The van der Waals surface area contributed by atoms with Gasteiger partial charge < -0.3 is 5.32 Å². The van der Waals surface area contributed by atoms with Gasteiger partial charge in [-0.1, -0.05) is 41.9 Å². The number of tetrazole rings is 1. The van der Waals surface area contributed by atoms with Gasteiger partial charge in [0.2, 0.25) is 11.7 Å². The molecule has 1 aromatic heterocycles. The van der Waals surface area contributed by atoms with Gasteiger partial charge >= 0.3 is 0 Å². The summed E-state index contributed by atoms with van der Waals surface area (Å²) >= 11 is 3.45. The molecular weight excluding hydrogens is 334 g/mol. The SMILES string of the molecule is CCC(CC)NC(=O)Cn1nnc(-c2ccccc2Br)n1. The van der Waals surface area contributed by atoms with Gasteiger partial charge in [-0.3, -0.25) is 4.79 Å². The quantitative estimate of drug-likeness (QED) is 0.867. The molecule has 0 bridgehead atoms. The Balaban J connectivity index is 2.04. The molecule has 0 spiro atoms. The van der Waals surface area contributed by atoms with E-state index >= 15 is 0 Å². The smallest absolute Gasteiger partial charge is 0.243 e. The number of rotatable bonds is 6. The Hall–Kier alpha value is -1.76. The van der Waals surface area contributed by atoms with Gasteiger partial charge in [0, 0.05) is 16.1 Å². The van der Waals surface area contributed by atoms with Crippen molar-refractivity contribution in [1.82, 2.24) is 25.5 Å². The van der Waals surface area contributed by atoms with Gasteiger partial charge in [-0.15, -0.1) is 10.2 Å². The summed E-state index contributed by atoms with van der Waals surface area (Å²) in [5.74, 6) is 0.401. The predicted octanol–water partition coefficient (Wildman–Crippen LogP) is 2.41. The van der Waals surface area contributed by atoms with Crippen molar-refractivity contribution in [3.8, 4) is 11.4 Å². The fourth-order valence-corrected chi connectivity index (χ4v) is 2.42. The molecule has 7 heteroatoms. The van der Waals surface area contributed by atoms with E-state index in [0.29, 0.717) is 5.82 Å². The highest BCUT2D eigenvalue weighted by Crippen LogP contribution is 2.24. The summed E-state index contributed by atoms with van der Waals surface area (Å²) in [4.78, 5) is 13.2. The first-order valence-electron chi connectivity index (χ1n) is 6.96. The zero-order chi connectivity index (χ0) is 15.2. The fourth-order valence-electron chi connectivity index (χ4n) is 1.96. The zero-order valence-corrected chi connectivity index (χ0v) is 13.7. The van der Waals surface area contributed by atoms with Gasteiger partial charge in [-0.25, -0.2) is 0 Å². The van der Waals surface area contributed by atoms with Crippen LogP contribution >= 0.6 is 15.9 Å². The lowest BCUT2D eigenvalue weighted by molar-refractivity contribution is -0.122. The molecule has 0 saturated heterocycles. The minimum Gasteiger partial charge on any atom is -0.352 e. The Labute approximate surface area is 132 Å². The summed E-state index contributed by atoms with van der Waals surface area (Å²) < 4.78 is 0.894. The molecule has 0 radical (unpaired) electrons. The molecule has 1 heterocycles. The van der Waals surface area contributed by atoms with Crippen LogP contribution in [0.3, 0.4) is 0 Å². The van der Waals surface area contributed by atoms with Crippen molar-refractivity contribution < 1.29 is 4.79 Å². The van der Waals surface area contributed by atoms with Crippen molar-refractivity contribution in [3.05, 3.63) is 28.7 Å². The average molecular weight is 352 g/mol. The molecule has 2 aromatic rings. The molecule has 0 aliphatic heterocycles. The van der Waals surface area contributed by atoms with Gasteiger partial charge in [0.25, 0.3) is 0 Å². The molecule has 0 atom stereocenters. The van der Waals surface area contributed by atoms with Crippen molar-refractivity contribution in [3.63, 3.8) is 0 Å². The van der Waals surface area contributed by atoms with Crippen LogP contribution in [0.5, 0.6) is 0 Å². The second kappa shape index (κ2) is 7.31. The van der Waals surface area contributed by atoms with Crippen molar-refractivity contribution in [2.24, 2.45) is 0 Å². The predicted molar refractivity (Wildman–Crippen MR) is 83.5 cm³/mol. The number of hydrogen-bond acceptors (Lipinski definition) is 4. The highest BCUT2D eigenvalue weighted by molar-refractivity contribution is 9.10. The van der Waals surface area contributed by atoms with E-state index in [1.807, 2.05) is 38.1 Å². The molecule has 0 fully saturated rings. The maximum atomic E-state index is 11.9. The van der Waals surface area contributed by atoms with Crippen molar-refractivity contribution >= 4 is 21.8 Å². The number of benzene rings is 1. The van der Waals surface area contributed by atoms with Crippen LogP contribution in [-0.4, -0.2) is 32.2 Å². The first kappa shape index (κ1) is 15.6. The zero-order valence-electron chi connectivity index (χ0n) is 12.1. The molecule has 1 amide bonds. The number of hydrogen-bond donors (Lipinski definition) is 1. The van der Waals surface area contributed by atoms with Crippen LogP contribution in [0.2, 0.25) is 0 Å². The second-order valence-corrected chi connectivity index (χ2v) is 5.56. The third kappa shape index (κ3) is 4.10. The van der Waals surface area contributed by atoms with E-state index in [9.17, 15) is 4.79 Å². The Bertz CT molecular complexity index is 609. The maximum absolute atomic E-state index is 11.9. The number of amides is 1. The van der Waals surface area contributed by atoms with Crippen LogP contribution in [0, 0.1) is 0 Å². The Morgan fingerprint density at radius 3 is 2.71 bits per heavy atom. The van der Waals surface area contributed by atoms with Crippen molar-refractivity contribution in [2.45, 2.75) is 39.3 Å². The van der Waals surface area contributed by atoms with E-state index in [1.54, 1.807) is 0 Å². The van der Waals surface area contributed by atoms with E-state index in [-0.39, 0.29) is 18.5 Å². The number of nitrogens with one attached hydrogen (secondary N) is 1.